The van der Waals surface area contributed by atoms with E-state index in [-0.39, 0.29) is 60.5 Å². The van der Waals surface area contributed by atoms with Gasteiger partial charge in [0.1, 0.15) is 36.0 Å². The second-order valence-corrected chi connectivity index (χ2v) is 20.3. The normalized spacial score (nSPS) is 25.9. The number of carbonyl (C=O) groups excluding carboxylic acids is 1. The number of rotatable bonds is 21. The number of nitrogens with one attached hydrogen (secondary N) is 4. The largest absolute Gasteiger partial charge is 0.504 e. The first-order valence-electron chi connectivity index (χ1n) is 26.2. The van der Waals surface area contributed by atoms with E-state index in [0.29, 0.717) is 68.6 Å². The number of aromatic hydroxyl groups is 3. The SMILES string of the molecule is CNC[C@H]1[C@H]([NH+]2CC3=NC=CC3=C2CCCO)NC(=NCCCc2ccnc(N)c2)N[C@@]12CCC[C@H](Oc1cc(CC[C@H]3C[C@@H](OC(C)=O)C[C@@H](c4cc(O)c(O)c(OCCc5cccnc5)c4)O3)ccc1O)C2. The summed E-state index contributed by atoms with van der Waals surface area (Å²) >= 11 is 0. The topological polar surface area (TPSA) is 252 Å². The van der Waals surface area contributed by atoms with Crippen LogP contribution < -0.4 is 36.1 Å². The van der Waals surface area contributed by atoms with Crippen LogP contribution in [-0.2, 0) is 33.5 Å². The van der Waals surface area contributed by atoms with Crippen molar-refractivity contribution in [2.45, 2.75) is 127 Å². The lowest BCUT2D eigenvalue weighted by Crippen LogP contribution is -3.18. The molecule has 9 rings (SSSR count). The van der Waals surface area contributed by atoms with Gasteiger partial charge in [0, 0.05) is 83.5 Å². The fourth-order valence-electron chi connectivity index (χ4n) is 11.7. The molecule has 1 saturated carbocycles. The van der Waals surface area contributed by atoms with Crippen LogP contribution in [0.2, 0.25) is 0 Å². The minimum atomic E-state index is -0.559. The molecule has 1 unspecified atom stereocenters. The lowest BCUT2D eigenvalue weighted by molar-refractivity contribution is -0.885. The van der Waals surface area contributed by atoms with Gasteiger partial charge >= 0.3 is 5.97 Å². The molecule has 1 spiro atoms. The molecule has 5 aliphatic rings. The molecule has 2 aromatic carbocycles. The van der Waals surface area contributed by atoms with Crippen LogP contribution in [0, 0.1) is 5.92 Å². The van der Waals surface area contributed by atoms with Crippen molar-refractivity contribution in [2.24, 2.45) is 15.9 Å². The number of nitrogens with two attached hydrogens (primary N) is 1. The standard InChI is InChI=1S/C56H71N9O9/c1-35(67)72-42-29-40(73-49(30-42)39-27-48(69)53(70)51(28-39)71-24-17-38-8-4-19-59-32-38)13-11-37-12-14-47(68)50(25-37)74-41-9-3-18-56(31-41)44(33-58-2)54(65-34-45-43(16-22-60-45)46(65)10-6-23-66)63-55(64-56)62-20-5-7-36-15-21-61-52(57)26-36/h4,8,12,14-16,19,21-22,25-28,32,40-42,44,49,54,58,66,68-70H,3,5-7,9-11,13,17-18,20,23-24,29-31,33-34H2,1-2H3,(H2,57,61)(H2,62,63,64)/p+1/t40-,41-,42+,44-,49-,54-,56+/m0/s1. The van der Waals surface area contributed by atoms with Gasteiger partial charge in [-0.25, -0.2) is 4.98 Å². The number of quaternary nitrogens is 1. The number of aliphatic hydroxyl groups excluding tert-OH is 1. The first-order chi connectivity index (χ1) is 36.0. The minimum Gasteiger partial charge on any atom is -0.504 e. The Bertz CT molecular complexity index is 2720. The Hall–Kier alpha value is -6.73. The summed E-state index contributed by atoms with van der Waals surface area (Å²) in [6.45, 7) is 3.81. The van der Waals surface area contributed by atoms with E-state index >= 15 is 0 Å². The van der Waals surface area contributed by atoms with E-state index in [9.17, 15) is 25.2 Å². The number of phenolic OH excluding ortho intramolecular Hbond substituents is 3. The summed E-state index contributed by atoms with van der Waals surface area (Å²) in [5.74, 6) is 0.866. The van der Waals surface area contributed by atoms with Crippen LogP contribution in [0.3, 0.4) is 0 Å². The number of guanidine groups is 1. The van der Waals surface area contributed by atoms with Crippen LogP contribution >= 0.6 is 0 Å². The van der Waals surface area contributed by atoms with Gasteiger partial charge in [-0.1, -0.05) is 12.1 Å². The van der Waals surface area contributed by atoms with Crippen LogP contribution in [0.5, 0.6) is 28.7 Å². The van der Waals surface area contributed by atoms with Gasteiger partial charge in [-0.15, -0.1) is 0 Å². The van der Waals surface area contributed by atoms with Gasteiger partial charge in [0.05, 0.1) is 35.8 Å². The summed E-state index contributed by atoms with van der Waals surface area (Å²) in [5, 5.41) is 54.2. The molecule has 2 saturated heterocycles. The molecule has 6 heterocycles. The van der Waals surface area contributed by atoms with Gasteiger partial charge in [0.2, 0.25) is 5.75 Å². The summed E-state index contributed by atoms with van der Waals surface area (Å²) in [6, 6.07) is 16.3. The first-order valence-corrected chi connectivity index (χ1v) is 26.2. The molecule has 0 amide bonds. The van der Waals surface area contributed by atoms with Gasteiger partial charge in [0.15, 0.2) is 35.1 Å². The Morgan fingerprint density at radius 3 is 2.68 bits per heavy atom. The molecule has 18 nitrogen and oxygen atoms in total. The number of anilines is 1. The van der Waals surface area contributed by atoms with E-state index in [1.807, 2.05) is 49.6 Å². The van der Waals surface area contributed by atoms with Crippen LogP contribution in [0.15, 0.2) is 107 Å². The molecule has 74 heavy (non-hydrogen) atoms. The maximum atomic E-state index is 12.3. The number of benzene rings is 2. The zero-order valence-corrected chi connectivity index (χ0v) is 42.5. The summed E-state index contributed by atoms with van der Waals surface area (Å²) in [7, 11) is 2.00. The van der Waals surface area contributed by atoms with E-state index in [1.54, 1.807) is 30.7 Å². The highest BCUT2D eigenvalue weighted by Crippen LogP contribution is 2.44. The number of aliphatic imine (C=N–C) groups is 2. The Kier molecular flexibility index (Phi) is 17.0. The number of pyridine rings is 2. The molecule has 394 valence electrons. The summed E-state index contributed by atoms with van der Waals surface area (Å²) < 4.78 is 25.3. The number of hydrogen-bond acceptors (Lipinski definition) is 15. The molecule has 18 heteroatoms. The number of carbonyl (C=O) groups is 1. The number of aliphatic hydroxyl groups is 1. The van der Waals surface area contributed by atoms with Crippen molar-refractivity contribution < 1.29 is 49.1 Å². The monoisotopic (exact) mass is 1010 g/mol. The number of nitrogens with zero attached hydrogens (tertiary/aromatic N) is 4. The molecule has 2 aromatic heterocycles. The van der Waals surface area contributed by atoms with Gasteiger partial charge < -0.3 is 61.1 Å². The smallest absolute Gasteiger partial charge is 0.302 e. The number of nitrogen functional groups attached to an aromatic ring is 1. The number of ether oxygens (including phenoxy) is 4. The highest BCUT2D eigenvalue weighted by Gasteiger charge is 2.55. The van der Waals surface area contributed by atoms with Crippen molar-refractivity contribution in [3.63, 3.8) is 0 Å². The molecule has 4 aliphatic heterocycles. The molecule has 3 fully saturated rings. The van der Waals surface area contributed by atoms with E-state index in [1.165, 1.54) is 29.2 Å². The predicted molar refractivity (Wildman–Crippen MR) is 280 cm³/mol. The average Bonchev–Trinajstić information content (AvgIpc) is 4.00. The number of phenols is 3. The minimum absolute atomic E-state index is 0.0611. The fourth-order valence-corrected chi connectivity index (χ4v) is 11.7. The van der Waals surface area contributed by atoms with E-state index in [2.05, 4.69) is 32.0 Å². The van der Waals surface area contributed by atoms with E-state index in [4.69, 9.17) is 34.7 Å². The molecule has 1 aliphatic carbocycles. The maximum absolute atomic E-state index is 12.3. The maximum Gasteiger partial charge on any atom is 0.302 e. The second-order valence-electron chi connectivity index (χ2n) is 20.3. The average molecular weight is 1020 g/mol. The van der Waals surface area contributed by atoms with Crippen LogP contribution in [0.4, 0.5) is 5.82 Å². The second kappa shape index (κ2) is 24.1. The van der Waals surface area contributed by atoms with Crippen LogP contribution in [0.25, 0.3) is 0 Å². The quantitative estimate of drug-likeness (QED) is 0.0307. The van der Waals surface area contributed by atoms with Crippen molar-refractivity contribution >= 4 is 23.5 Å². The molecule has 10 N–H and O–H groups in total. The van der Waals surface area contributed by atoms with Gasteiger partial charge in [-0.3, -0.25) is 24.7 Å². The summed E-state index contributed by atoms with van der Waals surface area (Å²) in [5.41, 5.74) is 12.7. The third-order valence-corrected chi connectivity index (χ3v) is 15.1. The van der Waals surface area contributed by atoms with Crippen molar-refractivity contribution in [1.82, 2.24) is 25.9 Å². The molecule has 0 radical (unpaired) electrons. The lowest BCUT2D eigenvalue weighted by atomic mass is 9.69. The molecule has 8 atom stereocenters. The lowest BCUT2D eigenvalue weighted by Gasteiger charge is -2.53. The van der Waals surface area contributed by atoms with Crippen LogP contribution in [-0.4, -0.2) is 118 Å². The Morgan fingerprint density at radius 1 is 0.986 bits per heavy atom. The molecular formula is C56H72N9O9+. The van der Waals surface area contributed by atoms with Gasteiger partial charge in [0.25, 0.3) is 0 Å². The number of esters is 1. The number of allylic oxidation sites excluding steroid dienone is 2. The van der Waals surface area contributed by atoms with Crippen molar-refractivity contribution in [3.05, 3.63) is 119 Å². The number of fused-ring (bicyclic) bond motifs is 1. The Labute approximate surface area is 432 Å². The number of hydrogen-bond donors (Lipinski definition) is 9. The van der Waals surface area contributed by atoms with Crippen molar-refractivity contribution in [1.29, 1.82) is 0 Å². The molecule has 4 aromatic rings. The van der Waals surface area contributed by atoms with Crippen molar-refractivity contribution in [2.75, 3.05) is 45.6 Å². The third kappa shape index (κ3) is 12.6. The first kappa shape index (κ1) is 52.1. The highest BCUT2D eigenvalue weighted by atomic mass is 16.6. The van der Waals surface area contributed by atoms with Gasteiger partial charge in [-0.2, -0.15) is 0 Å². The summed E-state index contributed by atoms with van der Waals surface area (Å²) in [4.78, 5) is 31.8. The zero-order valence-electron chi connectivity index (χ0n) is 42.5. The fraction of sp³-hybridized carbons (Fsp3) is 0.482. The number of aryl methyl sites for hydroxylation is 2. The third-order valence-electron chi connectivity index (χ3n) is 15.1. The molecular weight excluding hydrogens is 943 g/mol. The highest BCUT2D eigenvalue weighted by molar-refractivity contribution is 6.07. The van der Waals surface area contributed by atoms with Crippen molar-refractivity contribution in [3.8, 4) is 28.7 Å². The Morgan fingerprint density at radius 2 is 1.86 bits per heavy atom. The van der Waals surface area contributed by atoms with Crippen LogP contribution in [0.1, 0.15) is 99.5 Å². The van der Waals surface area contributed by atoms with Gasteiger partial charge in [-0.05, 0) is 129 Å². The zero-order chi connectivity index (χ0) is 51.6. The van der Waals surface area contributed by atoms with E-state index < -0.39 is 23.7 Å². The predicted octanol–water partition coefficient (Wildman–Crippen LogP) is 4.88. The number of aromatic nitrogens is 2. The van der Waals surface area contributed by atoms with E-state index in [0.717, 1.165) is 80.0 Å². The Balaban J connectivity index is 0.906. The molecule has 0 bridgehead atoms. The summed E-state index contributed by atoms with van der Waals surface area (Å²) in [6.07, 6.45) is 16.5.